The third-order valence-electron chi connectivity index (χ3n) is 8.53. The summed E-state index contributed by atoms with van der Waals surface area (Å²) in [4.78, 5) is 2.48. The van der Waals surface area contributed by atoms with Crippen molar-refractivity contribution in [3.8, 4) is 11.4 Å². The molecule has 8 aromatic rings. The van der Waals surface area contributed by atoms with Crippen molar-refractivity contribution < 1.29 is 0 Å². The zero-order chi connectivity index (χ0) is 29.1. The number of hydrogen-bond acceptors (Lipinski definition) is 1. The van der Waals surface area contributed by atoms with Crippen LogP contribution in [0.25, 0.3) is 55.0 Å². The predicted octanol–water partition coefficient (Wildman–Crippen LogP) is 10.8. The first-order valence-corrected chi connectivity index (χ1v) is 15.0. The molecule has 0 radical (unpaired) electrons. The molecule has 0 unspecified atom stereocenters. The molecule has 3 nitrogen and oxygen atoms in total. The van der Waals surface area contributed by atoms with E-state index in [0.29, 0.717) is 0 Å². The maximum atomic E-state index is 2.48. The maximum Gasteiger partial charge on any atom is 0.0542 e. The lowest BCUT2D eigenvalue weighted by Gasteiger charge is -2.38. The van der Waals surface area contributed by atoms with Crippen LogP contribution >= 0.6 is 0 Å². The summed E-state index contributed by atoms with van der Waals surface area (Å²) in [6, 6.07) is 52.7. The predicted molar refractivity (Wildman–Crippen MR) is 183 cm³/mol. The highest BCUT2D eigenvalue weighted by Gasteiger charge is 2.26. The number of nitrogens with zero attached hydrogens (tertiary/aromatic N) is 3. The van der Waals surface area contributed by atoms with E-state index in [0.717, 1.165) is 0 Å². The lowest BCUT2D eigenvalue weighted by Crippen LogP contribution is -2.37. The van der Waals surface area contributed by atoms with Crippen LogP contribution in [0.5, 0.6) is 0 Å². The molecule has 0 aliphatic heterocycles. The Hall–Kier alpha value is -5.28. The molecule has 8 rings (SSSR count). The first-order chi connectivity index (χ1) is 21.0. The molecule has 208 valence electrons. The van der Waals surface area contributed by atoms with E-state index in [2.05, 4.69) is 180 Å². The average Bonchev–Trinajstić information content (AvgIpc) is 3.54. The summed E-state index contributed by atoms with van der Waals surface area (Å²) in [5.74, 6) is 0. The third-order valence-corrected chi connectivity index (χ3v) is 8.53. The number of hydrogen-bond donors (Lipinski definition) is 0. The van der Waals surface area contributed by atoms with Gasteiger partial charge in [0, 0.05) is 49.8 Å². The highest BCUT2D eigenvalue weighted by molar-refractivity contribution is 6.12. The SMILES string of the molecule is CC(C)(C)N(c1ccc2c(c1)c1ccccc1n2-c1ccccc1)c1ccc2c(c1)c1ccccc1n2-c1ccccc1. The Morgan fingerprint density at radius 2 is 0.767 bits per heavy atom. The van der Waals surface area contributed by atoms with Crippen molar-refractivity contribution in [1.29, 1.82) is 0 Å². The van der Waals surface area contributed by atoms with Gasteiger partial charge in [-0.3, -0.25) is 0 Å². The van der Waals surface area contributed by atoms with Gasteiger partial charge in [0.2, 0.25) is 0 Å². The Labute approximate surface area is 251 Å². The third kappa shape index (κ3) is 4.04. The Kier molecular flexibility index (Phi) is 5.70. The normalized spacial score (nSPS) is 12.1. The van der Waals surface area contributed by atoms with Gasteiger partial charge < -0.3 is 14.0 Å². The second-order valence-corrected chi connectivity index (χ2v) is 12.3. The van der Waals surface area contributed by atoms with Gasteiger partial charge in [-0.2, -0.15) is 0 Å². The van der Waals surface area contributed by atoms with Crippen LogP contribution < -0.4 is 4.90 Å². The van der Waals surface area contributed by atoms with E-state index in [4.69, 9.17) is 0 Å². The zero-order valence-corrected chi connectivity index (χ0v) is 24.7. The molecule has 3 heteroatoms. The lowest BCUT2D eigenvalue weighted by atomic mass is 10.0. The fourth-order valence-corrected chi connectivity index (χ4v) is 6.83. The second-order valence-electron chi connectivity index (χ2n) is 12.3. The van der Waals surface area contributed by atoms with Crippen molar-refractivity contribution in [1.82, 2.24) is 9.13 Å². The van der Waals surface area contributed by atoms with Crippen LogP contribution in [0.4, 0.5) is 11.4 Å². The van der Waals surface area contributed by atoms with Gasteiger partial charge in [-0.05, 0) is 93.6 Å². The smallest absolute Gasteiger partial charge is 0.0542 e. The molecule has 43 heavy (non-hydrogen) atoms. The summed E-state index contributed by atoms with van der Waals surface area (Å²) in [5.41, 5.74) is 9.43. The Morgan fingerprint density at radius 3 is 1.19 bits per heavy atom. The average molecular weight is 556 g/mol. The minimum atomic E-state index is -0.156. The van der Waals surface area contributed by atoms with Gasteiger partial charge in [0.15, 0.2) is 0 Å². The number of benzene rings is 6. The van der Waals surface area contributed by atoms with Crippen LogP contribution in [-0.2, 0) is 0 Å². The van der Waals surface area contributed by atoms with E-state index >= 15 is 0 Å². The molecule has 0 spiro atoms. The fourth-order valence-electron chi connectivity index (χ4n) is 6.83. The first-order valence-electron chi connectivity index (χ1n) is 15.0. The van der Waals surface area contributed by atoms with Crippen molar-refractivity contribution in [2.24, 2.45) is 0 Å². The molecule has 0 aliphatic carbocycles. The van der Waals surface area contributed by atoms with E-state index < -0.39 is 0 Å². The molecule has 0 saturated carbocycles. The van der Waals surface area contributed by atoms with Gasteiger partial charge in [0.25, 0.3) is 0 Å². The number of anilines is 2. The van der Waals surface area contributed by atoms with Gasteiger partial charge in [0.1, 0.15) is 0 Å². The minimum absolute atomic E-state index is 0.156. The molecule has 6 aromatic carbocycles. The highest BCUT2D eigenvalue weighted by Crippen LogP contribution is 2.41. The summed E-state index contributed by atoms with van der Waals surface area (Å²) in [7, 11) is 0. The lowest BCUT2D eigenvalue weighted by molar-refractivity contribution is 0.560. The van der Waals surface area contributed by atoms with Crippen LogP contribution in [0, 0.1) is 0 Å². The topological polar surface area (TPSA) is 13.1 Å². The summed E-state index contributed by atoms with van der Waals surface area (Å²) < 4.78 is 4.75. The molecule has 0 amide bonds. The van der Waals surface area contributed by atoms with E-state index in [1.165, 1.54) is 66.4 Å². The molecule has 0 saturated heterocycles. The summed E-state index contributed by atoms with van der Waals surface area (Å²) >= 11 is 0. The first kappa shape index (κ1) is 25.4. The standard InChI is InChI=1S/C40H33N3/c1-40(2,3)43(30-22-24-38-34(26-30)32-18-10-12-20-36(32)41(38)28-14-6-4-7-15-28)31-23-25-39-35(27-31)33-19-11-13-21-37(33)42(39)29-16-8-5-9-17-29/h4-27H,1-3H3. The van der Waals surface area contributed by atoms with E-state index in [1.807, 2.05) is 0 Å². The molecule has 0 fully saturated rings. The van der Waals surface area contributed by atoms with Crippen LogP contribution in [0.15, 0.2) is 146 Å². The van der Waals surface area contributed by atoms with Crippen molar-refractivity contribution in [3.63, 3.8) is 0 Å². The largest absolute Gasteiger partial charge is 0.336 e. The summed E-state index contributed by atoms with van der Waals surface area (Å²) in [6.45, 7) is 6.88. The molecule has 0 atom stereocenters. The number of rotatable bonds is 4. The summed E-state index contributed by atoms with van der Waals surface area (Å²) in [5, 5.41) is 5.04. The zero-order valence-electron chi connectivity index (χ0n) is 24.7. The highest BCUT2D eigenvalue weighted by atomic mass is 15.2. The van der Waals surface area contributed by atoms with Crippen LogP contribution in [0.2, 0.25) is 0 Å². The van der Waals surface area contributed by atoms with Crippen LogP contribution in [0.3, 0.4) is 0 Å². The fraction of sp³-hybridized carbons (Fsp3) is 0.100. The van der Waals surface area contributed by atoms with Crippen molar-refractivity contribution in [3.05, 3.63) is 146 Å². The molecule has 0 aliphatic rings. The maximum absolute atomic E-state index is 2.48. The van der Waals surface area contributed by atoms with E-state index in [1.54, 1.807) is 0 Å². The molecule has 2 aromatic heterocycles. The van der Waals surface area contributed by atoms with E-state index in [-0.39, 0.29) is 5.54 Å². The quantitative estimate of drug-likeness (QED) is 0.210. The minimum Gasteiger partial charge on any atom is -0.336 e. The number of fused-ring (bicyclic) bond motifs is 6. The Morgan fingerprint density at radius 1 is 0.395 bits per heavy atom. The Balaban J connectivity index is 1.35. The number of aromatic nitrogens is 2. The van der Waals surface area contributed by atoms with Gasteiger partial charge in [0.05, 0.1) is 22.1 Å². The van der Waals surface area contributed by atoms with Crippen molar-refractivity contribution in [2.75, 3.05) is 4.90 Å². The molecule has 0 N–H and O–H groups in total. The number of para-hydroxylation sites is 4. The van der Waals surface area contributed by atoms with Gasteiger partial charge in [-0.1, -0.05) is 72.8 Å². The van der Waals surface area contributed by atoms with Crippen LogP contribution in [-0.4, -0.2) is 14.7 Å². The summed E-state index contributed by atoms with van der Waals surface area (Å²) in [6.07, 6.45) is 0. The molecule has 0 bridgehead atoms. The van der Waals surface area contributed by atoms with Gasteiger partial charge in [-0.25, -0.2) is 0 Å². The molecular formula is C40H33N3. The van der Waals surface area contributed by atoms with Gasteiger partial charge in [-0.15, -0.1) is 0 Å². The Bertz CT molecular complexity index is 2110. The van der Waals surface area contributed by atoms with Crippen molar-refractivity contribution >= 4 is 55.0 Å². The second kappa shape index (κ2) is 9.64. The monoisotopic (exact) mass is 555 g/mol. The molecule has 2 heterocycles. The van der Waals surface area contributed by atoms with Gasteiger partial charge >= 0.3 is 0 Å². The van der Waals surface area contributed by atoms with E-state index in [9.17, 15) is 0 Å². The van der Waals surface area contributed by atoms with Crippen molar-refractivity contribution in [2.45, 2.75) is 26.3 Å². The van der Waals surface area contributed by atoms with Crippen LogP contribution in [0.1, 0.15) is 20.8 Å². The molecular weight excluding hydrogens is 522 g/mol.